The summed E-state index contributed by atoms with van der Waals surface area (Å²) in [5.74, 6) is 0.149. The molecule has 0 aliphatic carbocycles. The highest BCUT2D eigenvalue weighted by atomic mass is 19.1. The van der Waals surface area contributed by atoms with Gasteiger partial charge in [0.1, 0.15) is 18.1 Å². The van der Waals surface area contributed by atoms with Crippen LogP contribution in [0.2, 0.25) is 0 Å². The zero-order valence-electron chi connectivity index (χ0n) is 17.7. The fourth-order valence-electron chi connectivity index (χ4n) is 3.20. The van der Waals surface area contributed by atoms with Gasteiger partial charge >= 0.3 is 5.69 Å². The van der Waals surface area contributed by atoms with Gasteiger partial charge in [-0.3, -0.25) is 4.79 Å². The van der Waals surface area contributed by atoms with E-state index in [1.165, 1.54) is 10.5 Å². The molecule has 1 amide bonds. The summed E-state index contributed by atoms with van der Waals surface area (Å²) in [6.07, 6.45) is 0. The van der Waals surface area contributed by atoms with Gasteiger partial charge in [0, 0.05) is 23.1 Å². The second-order valence-corrected chi connectivity index (χ2v) is 7.22. The molecule has 0 bridgehead atoms. The topological polar surface area (TPSA) is 103 Å². The number of aryl methyl sites for hydroxylation is 2. The van der Waals surface area contributed by atoms with E-state index in [4.69, 9.17) is 4.74 Å². The summed E-state index contributed by atoms with van der Waals surface area (Å²) < 4.78 is 21.0. The van der Waals surface area contributed by atoms with Gasteiger partial charge in [-0.05, 0) is 61.9 Å². The average molecular weight is 436 g/mol. The number of aromatic nitrogens is 4. The molecule has 0 saturated heterocycles. The molecule has 10 heteroatoms. The smallest absolute Gasteiger partial charge is 0.353 e. The Morgan fingerprint density at radius 2 is 1.81 bits per heavy atom. The van der Waals surface area contributed by atoms with E-state index in [1.807, 2.05) is 0 Å². The second kappa shape index (κ2) is 8.50. The molecule has 0 saturated carbocycles. The zero-order chi connectivity index (χ0) is 22.8. The van der Waals surface area contributed by atoms with Gasteiger partial charge in [0.05, 0.1) is 7.11 Å². The molecule has 0 radical (unpaired) electrons. The van der Waals surface area contributed by atoms with Crippen LogP contribution in [-0.2, 0) is 11.3 Å². The SMILES string of the molecule is COc1ccc(NC(=O)Cn2nc3cc(C)nc(Nc4ccc(F)c(C)c4)n3c2=O)cc1. The van der Waals surface area contributed by atoms with Gasteiger partial charge < -0.3 is 15.4 Å². The highest BCUT2D eigenvalue weighted by Crippen LogP contribution is 2.19. The monoisotopic (exact) mass is 436 g/mol. The maximum Gasteiger partial charge on any atom is 0.353 e. The number of methoxy groups -OCH3 is 1. The molecule has 0 aliphatic heterocycles. The maximum atomic E-state index is 13.6. The van der Waals surface area contributed by atoms with Crippen LogP contribution in [0.1, 0.15) is 11.3 Å². The predicted molar refractivity (Wildman–Crippen MR) is 118 cm³/mol. The summed E-state index contributed by atoms with van der Waals surface area (Å²) in [7, 11) is 1.56. The van der Waals surface area contributed by atoms with Crippen LogP contribution >= 0.6 is 0 Å². The molecular weight excluding hydrogens is 415 g/mol. The number of fused-ring (bicyclic) bond motifs is 1. The van der Waals surface area contributed by atoms with E-state index < -0.39 is 11.6 Å². The standard InChI is InChI=1S/C22H21FN6O3/c1-13-10-16(6-9-18(13)23)26-21-24-14(2)11-19-27-28(22(31)29(19)21)12-20(30)25-15-4-7-17(32-3)8-5-15/h4-11H,12H2,1-3H3,(H,24,26)(H,25,30). The van der Waals surface area contributed by atoms with Crippen LogP contribution in [0.3, 0.4) is 0 Å². The molecule has 32 heavy (non-hydrogen) atoms. The number of ether oxygens (including phenoxy) is 1. The van der Waals surface area contributed by atoms with Crippen molar-refractivity contribution in [3.63, 3.8) is 0 Å². The second-order valence-electron chi connectivity index (χ2n) is 7.22. The van der Waals surface area contributed by atoms with Crippen molar-refractivity contribution >= 4 is 28.9 Å². The van der Waals surface area contributed by atoms with Crippen LogP contribution in [0, 0.1) is 19.7 Å². The Labute approximate surface area is 182 Å². The molecule has 4 aromatic rings. The average Bonchev–Trinajstić information content (AvgIpc) is 3.06. The van der Waals surface area contributed by atoms with Crippen molar-refractivity contribution in [2.75, 3.05) is 17.7 Å². The Morgan fingerprint density at radius 1 is 1.09 bits per heavy atom. The minimum atomic E-state index is -0.529. The Kier molecular flexibility index (Phi) is 5.59. The van der Waals surface area contributed by atoms with Crippen molar-refractivity contribution in [1.29, 1.82) is 0 Å². The summed E-state index contributed by atoms with van der Waals surface area (Å²) in [5, 5.41) is 10.0. The largest absolute Gasteiger partial charge is 0.497 e. The van der Waals surface area contributed by atoms with Crippen molar-refractivity contribution in [1.82, 2.24) is 19.2 Å². The van der Waals surface area contributed by atoms with Crippen LogP contribution in [0.15, 0.2) is 53.3 Å². The summed E-state index contributed by atoms with van der Waals surface area (Å²) in [5.41, 5.74) is 2.02. The quantitative estimate of drug-likeness (QED) is 0.482. The highest BCUT2D eigenvalue weighted by Gasteiger charge is 2.16. The lowest BCUT2D eigenvalue weighted by Crippen LogP contribution is -2.29. The van der Waals surface area contributed by atoms with Crippen molar-refractivity contribution in [3.05, 3.63) is 76.1 Å². The lowest BCUT2D eigenvalue weighted by Gasteiger charge is -2.09. The molecule has 0 spiro atoms. The minimum absolute atomic E-state index is 0.220. The maximum absolute atomic E-state index is 13.6. The van der Waals surface area contributed by atoms with E-state index in [-0.39, 0.29) is 18.3 Å². The summed E-state index contributed by atoms with van der Waals surface area (Å²) >= 11 is 0. The molecule has 0 unspecified atom stereocenters. The van der Waals surface area contributed by atoms with Crippen molar-refractivity contribution in [2.45, 2.75) is 20.4 Å². The Morgan fingerprint density at radius 3 is 2.50 bits per heavy atom. The van der Waals surface area contributed by atoms with Gasteiger partial charge in [-0.1, -0.05) is 0 Å². The highest BCUT2D eigenvalue weighted by molar-refractivity contribution is 5.90. The third-order valence-corrected chi connectivity index (χ3v) is 4.78. The summed E-state index contributed by atoms with van der Waals surface area (Å²) in [4.78, 5) is 29.8. The molecule has 0 fully saturated rings. The van der Waals surface area contributed by atoms with E-state index in [9.17, 15) is 14.0 Å². The van der Waals surface area contributed by atoms with Crippen LogP contribution in [0.25, 0.3) is 5.65 Å². The number of nitrogens with zero attached hydrogens (tertiary/aromatic N) is 4. The molecule has 164 valence electrons. The number of hydrogen-bond donors (Lipinski definition) is 2. The van der Waals surface area contributed by atoms with Crippen LogP contribution in [0.4, 0.5) is 21.7 Å². The van der Waals surface area contributed by atoms with Crippen LogP contribution in [-0.4, -0.2) is 32.2 Å². The van der Waals surface area contributed by atoms with E-state index >= 15 is 0 Å². The molecule has 9 nitrogen and oxygen atoms in total. The summed E-state index contributed by atoms with van der Waals surface area (Å²) in [6, 6.07) is 13.0. The number of hydrogen-bond acceptors (Lipinski definition) is 6. The number of halogens is 1. The third kappa shape index (κ3) is 4.29. The Balaban J connectivity index is 1.61. The molecule has 0 atom stereocenters. The Hall–Kier alpha value is -4.21. The molecule has 2 aromatic carbocycles. The number of rotatable bonds is 6. The molecule has 2 heterocycles. The van der Waals surface area contributed by atoms with E-state index in [0.717, 1.165) is 4.68 Å². The predicted octanol–water partition coefficient (Wildman–Crippen LogP) is 3.04. The first-order chi connectivity index (χ1) is 15.3. The number of benzene rings is 2. The van der Waals surface area contributed by atoms with Crippen LogP contribution < -0.4 is 21.1 Å². The first-order valence-electron chi connectivity index (χ1n) is 9.78. The van der Waals surface area contributed by atoms with Gasteiger partial charge in [0.25, 0.3) is 0 Å². The fraction of sp³-hybridized carbons (Fsp3) is 0.182. The number of amides is 1. The van der Waals surface area contributed by atoms with Gasteiger partial charge in [0.15, 0.2) is 5.65 Å². The number of nitrogens with one attached hydrogen (secondary N) is 2. The first-order valence-corrected chi connectivity index (χ1v) is 9.78. The van der Waals surface area contributed by atoms with Gasteiger partial charge in [-0.25, -0.2) is 23.3 Å². The minimum Gasteiger partial charge on any atom is -0.497 e. The summed E-state index contributed by atoms with van der Waals surface area (Å²) in [6.45, 7) is 3.13. The molecular formula is C22H21FN6O3. The van der Waals surface area contributed by atoms with Crippen LogP contribution in [0.5, 0.6) is 5.75 Å². The lowest BCUT2D eigenvalue weighted by atomic mass is 10.2. The molecule has 2 aromatic heterocycles. The van der Waals surface area contributed by atoms with Gasteiger partial charge in [0.2, 0.25) is 11.9 Å². The van der Waals surface area contributed by atoms with E-state index in [2.05, 4.69) is 20.7 Å². The number of anilines is 3. The normalized spacial score (nSPS) is 10.9. The Bertz CT molecular complexity index is 1360. The van der Waals surface area contributed by atoms with E-state index in [1.54, 1.807) is 63.4 Å². The third-order valence-electron chi connectivity index (χ3n) is 4.78. The fourth-order valence-corrected chi connectivity index (χ4v) is 3.20. The number of carbonyl (C=O) groups is 1. The lowest BCUT2D eigenvalue weighted by molar-refractivity contribution is -0.117. The first kappa shape index (κ1) is 21.0. The zero-order valence-corrected chi connectivity index (χ0v) is 17.7. The molecule has 0 aliphatic rings. The van der Waals surface area contributed by atoms with Gasteiger partial charge in [-0.15, -0.1) is 5.10 Å². The molecule has 2 N–H and O–H groups in total. The van der Waals surface area contributed by atoms with Crippen molar-refractivity contribution in [3.8, 4) is 5.75 Å². The number of carbonyl (C=O) groups excluding carboxylic acids is 1. The van der Waals surface area contributed by atoms with Crippen molar-refractivity contribution in [2.24, 2.45) is 0 Å². The molecule has 4 rings (SSSR count). The van der Waals surface area contributed by atoms with E-state index in [0.29, 0.717) is 34.0 Å². The van der Waals surface area contributed by atoms with Crippen molar-refractivity contribution < 1.29 is 13.9 Å². The van der Waals surface area contributed by atoms with Gasteiger partial charge in [-0.2, -0.15) is 0 Å².